The summed E-state index contributed by atoms with van der Waals surface area (Å²) in [5.41, 5.74) is 2.92. The second-order valence-corrected chi connectivity index (χ2v) is 2.86. The second-order valence-electron chi connectivity index (χ2n) is 2.86. The molecule has 0 radical (unpaired) electrons. The van der Waals surface area contributed by atoms with E-state index in [0.717, 1.165) is 6.07 Å². The van der Waals surface area contributed by atoms with Crippen molar-refractivity contribution in [2.45, 2.75) is 12.8 Å². The van der Waals surface area contributed by atoms with Crippen LogP contribution < -0.4 is 11.3 Å². The first-order chi connectivity index (χ1) is 6.91. The number of halogens is 2. The van der Waals surface area contributed by atoms with E-state index in [4.69, 9.17) is 10.8 Å². The number of anilines is 1. The maximum Gasteiger partial charge on any atom is 0.309 e. The van der Waals surface area contributed by atoms with Crippen molar-refractivity contribution in [1.82, 2.24) is 4.98 Å². The molecule has 82 valence electrons. The summed E-state index contributed by atoms with van der Waals surface area (Å²) in [4.78, 5) is 23.4. The molecule has 0 atom stereocenters. The molecule has 0 amide bonds. The fourth-order valence-electron chi connectivity index (χ4n) is 1.13. The number of H-pyrrole nitrogens is 1. The van der Waals surface area contributed by atoms with Gasteiger partial charge in [-0.25, -0.2) is 8.78 Å². The number of nitrogen functional groups attached to an aromatic ring is 1. The van der Waals surface area contributed by atoms with Crippen LogP contribution in [0, 0.1) is 0 Å². The SMILES string of the molecule is Nc1cc(CC(=O)O)[nH]c(=O)c1C(F)F. The summed E-state index contributed by atoms with van der Waals surface area (Å²) in [6.45, 7) is 0. The number of aliphatic carboxylic acids is 1. The predicted molar refractivity (Wildman–Crippen MR) is 47.8 cm³/mol. The third-order valence-corrected chi connectivity index (χ3v) is 1.72. The maximum absolute atomic E-state index is 12.3. The van der Waals surface area contributed by atoms with Crippen LogP contribution >= 0.6 is 0 Å². The van der Waals surface area contributed by atoms with Crippen LogP contribution in [0.1, 0.15) is 17.7 Å². The summed E-state index contributed by atoms with van der Waals surface area (Å²) in [6.07, 6.45) is -3.45. The van der Waals surface area contributed by atoms with Gasteiger partial charge < -0.3 is 15.8 Å². The monoisotopic (exact) mass is 218 g/mol. The van der Waals surface area contributed by atoms with Crippen LogP contribution in [-0.4, -0.2) is 16.1 Å². The lowest BCUT2D eigenvalue weighted by Crippen LogP contribution is -2.19. The van der Waals surface area contributed by atoms with Crippen LogP contribution in [0.5, 0.6) is 0 Å². The van der Waals surface area contributed by atoms with E-state index >= 15 is 0 Å². The van der Waals surface area contributed by atoms with Crippen molar-refractivity contribution in [3.05, 3.63) is 27.7 Å². The number of rotatable bonds is 3. The number of pyridine rings is 1. The molecule has 0 aliphatic heterocycles. The molecule has 0 saturated carbocycles. The highest BCUT2D eigenvalue weighted by atomic mass is 19.3. The third kappa shape index (κ3) is 2.52. The molecule has 0 aromatic carbocycles. The molecule has 15 heavy (non-hydrogen) atoms. The highest BCUT2D eigenvalue weighted by molar-refractivity contribution is 5.70. The minimum Gasteiger partial charge on any atom is -0.481 e. The van der Waals surface area contributed by atoms with E-state index in [2.05, 4.69) is 0 Å². The van der Waals surface area contributed by atoms with E-state index in [1.54, 1.807) is 0 Å². The number of nitrogens with one attached hydrogen (secondary N) is 1. The number of carboxylic acids is 1. The minimum atomic E-state index is -2.98. The van der Waals surface area contributed by atoms with Crippen LogP contribution in [0.15, 0.2) is 10.9 Å². The molecule has 0 spiro atoms. The Labute approximate surface area is 82.5 Å². The van der Waals surface area contributed by atoms with E-state index in [-0.39, 0.29) is 5.69 Å². The highest BCUT2D eigenvalue weighted by Crippen LogP contribution is 2.20. The fourth-order valence-corrected chi connectivity index (χ4v) is 1.13. The van der Waals surface area contributed by atoms with Crippen LogP contribution in [0.3, 0.4) is 0 Å². The average molecular weight is 218 g/mol. The van der Waals surface area contributed by atoms with Gasteiger partial charge in [-0.2, -0.15) is 0 Å². The molecule has 0 aliphatic carbocycles. The molecule has 0 unspecified atom stereocenters. The molecule has 0 aliphatic rings. The zero-order valence-electron chi connectivity index (χ0n) is 7.46. The van der Waals surface area contributed by atoms with Crippen molar-refractivity contribution in [3.63, 3.8) is 0 Å². The normalized spacial score (nSPS) is 10.6. The van der Waals surface area contributed by atoms with Gasteiger partial charge in [0.25, 0.3) is 12.0 Å². The lowest BCUT2D eigenvalue weighted by Gasteiger charge is -2.05. The first-order valence-corrected chi connectivity index (χ1v) is 3.93. The van der Waals surface area contributed by atoms with Gasteiger partial charge in [0.1, 0.15) is 5.56 Å². The van der Waals surface area contributed by atoms with Crippen molar-refractivity contribution < 1.29 is 18.7 Å². The third-order valence-electron chi connectivity index (χ3n) is 1.72. The van der Waals surface area contributed by atoms with E-state index in [9.17, 15) is 18.4 Å². The number of hydrogen-bond donors (Lipinski definition) is 3. The molecule has 5 nitrogen and oxygen atoms in total. The zero-order chi connectivity index (χ0) is 11.6. The lowest BCUT2D eigenvalue weighted by molar-refractivity contribution is -0.136. The zero-order valence-corrected chi connectivity index (χ0v) is 7.46. The number of alkyl halides is 2. The van der Waals surface area contributed by atoms with Gasteiger partial charge in [-0.15, -0.1) is 0 Å². The lowest BCUT2D eigenvalue weighted by atomic mass is 10.2. The van der Waals surface area contributed by atoms with Crippen LogP contribution in [0.25, 0.3) is 0 Å². The standard InChI is InChI=1S/C8H8F2N2O3/c9-7(10)6-4(11)1-3(2-5(13)14)12-8(6)15/h1,7H,2H2,(H,13,14)(H3,11,12,15). The molecule has 1 aromatic rings. The second kappa shape index (κ2) is 4.07. The Morgan fingerprint density at radius 1 is 1.60 bits per heavy atom. The molecule has 0 bridgehead atoms. The van der Waals surface area contributed by atoms with Gasteiger partial charge in [0, 0.05) is 11.4 Å². The quantitative estimate of drug-likeness (QED) is 0.689. The molecule has 4 N–H and O–H groups in total. The average Bonchev–Trinajstić information content (AvgIpc) is 1.99. The summed E-state index contributed by atoms with van der Waals surface area (Å²) in [5, 5.41) is 8.42. The first kappa shape index (κ1) is 11.2. The highest BCUT2D eigenvalue weighted by Gasteiger charge is 2.17. The Hall–Kier alpha value is -1.92. The van der Waals surface area contributed by atoms with Crippen molar-refractivity contribution in [3.8, 4) is 0 Å². The van der Waals surface area contributed by atoms with Crippen LogP contribution in [0.2, 0.25) is 0 Å². The summed E-state index contributed by atoms with van der Waals surface area (Å²) in [6, 6.07) is 1.02. The number of aromatic amines is 1. The smallest absolute Gasteiger partial charge is 0.309 e. The van der Waals surface area contributed by atoms with Crippen molar-refractivity contribution in [2.75, 3.05) is 5.73 Å². The van der Waals surface area contributed by atoms with Crippen molar-refractivity contribution in [2.24, 2.45) is 0 Å². The molecule has 0 fully saturated rings. The topological polar surface area (TPSA) is 96.2 Å². The Morgan fingerprint density at radius 3 is 2.60 bits per heavy atom. The van der Waals surface area contributed by atoms with E-state index in [1.807, 2.05) is 4.98 Å². The number of carbonyl (C=O) groups is 1. The van der Waals surface area contributed by atoms with Crippen molar-refractivity contribution >= 4 is 11.7 Å². The molecular formula is C8H8F2N2O3. The molecule has 0 saturated heterocycles. The number of carboxylic acid groups (broad SMARTS) is 1. The van der Waals surface area contributed by atoms with E-state index < -0.39 is 35.6 Å². The largest absolute Gasteiger partial charge is 0.481 e. The number of nitrogens with two attached hydrogens (primary N) is 1. The Kier molecular flexibility index (Phi) is 3.03. The van der Waals surface area contributed by atoms with E-state index in [0.29, 0.717) is 0 Å². The number of hydrogen-bond acceptors (Lipinski definition) is 3. The molecule has 1 heterocycles. The molecule has 1 aromatic heterocycles. The molecule has 1 rings (SSSR count). The van der Waals surface area contributed by atoms with E-state index in [1.165, 1.54) is 0 Å². The summed E-state index contributed by atoms with van der Waals surface area (Å²) in [5.74, 6) is -1.19. The van der Waals surface area contributed by atoms with Gasteiger partial charge in [-0.05, 0) is 6.07 Å². The summed E-state index contributed by atoms with van der Waals surface area (Å²) in [7, 11) is 0. The minimum absolute atomic E-state index is 0.00519. The molecular weight excluding hydrogens is 210 g/mol. The van der Waals surface area contributed by atoms with Gasteiger partial charge in [0.15, 0.2) is 0 Å². The predicted octanol–water partition coefficient (Wildman–Crippen LogP) is 0.522. The van der Waals surface area contributed by atoms with Crippen LogP contribution in [0.4, 0.5) is 14.5 Å². The Morgan fingerprint density at radius 2 is 2.20 bits per heavy atom. The fraction of sp³-hybridized carbons (Fsp3) is 0.250. The number of aromatic nitrogens is 1. The maximum atomic E-state index is 12.3. The van der Waals surface area contributed by atoms with Gasteiger partial charge in [0.05, 0.1) is 6.42 Å². The van der Waals surface area contributed by atoms with Gasteiger partial charge in [-0.1, -0.05) is 0 Å². The Balaban J connectivity index is 3.20. The van der Waals surface area contributed by atoms with Crippen LogP contribution in [-0.2, 0) is 11.2 Å². The molecule has 7 heteroatoms. The van der Waals surface area contributed by atoms with Crippen molar-refractivity contribution in [1.29, 1.82) is 0 Å². The van der Waals surface area contributed by atoms with Gasteiger partial charge >= 0.3 is 5.97 Å². The summed E-state index contributed by atoms with van der Waals surface area (Å²) >= 11 is 0. The Bertz CT molecular complexity index is 442. The summed E-state index contributed by atoms with van der Waals surface area (Å²) < 4.78 is 24.5. The first-order valence-electron chi connectivity index (χ1n) is 3.93. The van der Waals surface area contributed by atoms with Gasteiger partial charge in [-0.3, -0.25) is 9.59 Å². The van der Waals surface area contributed by atoms with Gasteiger partial charge in [0.2, 0.25) is 0 Å².